The van der Waals surface area contributed by atoms with Gasteiger partial charge in [0.25, 0.3) is 0 Å². The number of imidazole rings is 1. The summed E-state index contributed by atoms with van der Waals surface area (Å²) in [5.74, 6) is 0.402. The number of nitrogen functional groups attached to an aromatic ring is 1. The highest BCUT2D eigenvalue weighted by Gasteiger charge is 2.10. The van der Waals surface area contributed by atoms with Gasteiger partial charge in [-0.1, -0.05) is 23.2 Å². The zero-order valence-corrected chi connectivity index (χ0v) is 10.5. The molecule has 2 aromatic rings. The van der Waals surface area contributed by atoms with E-state index in [9.17, 15) is 0 Å². The van der Waals surface area contributed by atoms with Gasteiger partial charge in [-0.25, -0.2) is 4.98 Å². The average molecular weight is 256 g/mol. The minimum atomic E-state index is 0.402. The molecule has 0 atom stereocenters. The smallest absolute Gasteiger partial charge is 0.205 e. The fourth-order valence-electron chi connectivity index (χ4n) is 1.53. The zero-order chi connectivity index (χ0) is 11.9. The van der Waals surface area contributed by atoms with E-state index in [0.717, 1.165) is 16.9 Å². The number of anilines is 1. The summed E-state index contributed by atoms with van der Waals surface area (Å²) in [6.45, 7) is 3.77. The zero-order valence-electron chi connectivity index (χ0n) is 8.96. The molecule has 2 rings (SSSR count). The quantitative estimate of drug-likeness (QED) is 0.849. The molecule has 16 heavy (non-hydrogen) atoms. The van der Waals surface area contributed by atoms with Crippen LogP contribution in [0.4, 0.5) is 5.95 Å². The summed E-state index contributed by atoms with van der Waals surface area (Å²) in [7, 11) is 0. The highest BCUT2D eigenvalue weighted by molar-refractivity contribution is 6.35. The van der Waals surface area contributed by atoms with E-state index in [1.807, 2.05) is 26.1 Å². The van der Waals surface area contributed by atoms with Gasteiger partial charge in [0.1, 0.15) is 0 Å². The third-order valence-electron chi connectivity index (χ3n) is 2.34. The van der Waals surface area contributed by atoms with Crippen molar-refractivity contribution in [1.29, 1.82) is 0 Å². The molecule has 0 unspecified atom stereocenters. The first-order valence-electron chi connectivity index (χ1n) is 4.76. The van der Waals surface area contributed by atoms with Crippen LogP contribution in [0.2, 0.25) is 10.0 Å². The number of hydrogen-bond acceptors (Lipinski definition) is 2. The van der Waals surface area contributed by atoms with Crippen LogP contribution in [0.5, 0.6) is 0 Å². The lowest BCUT2D eigenvalue weighted by Crippen LogP contribution is -2.00. The van der Waals surface area contributed by atoms with Crippen LogP contribution in [0, 0.1) is 13.8 Å². The molecule has 0 aliphatic heterocycles. The molecule has 1 aromatic heterocycles. The molecule has 0 saturated heterocycles. The van der Waals surface area contributed by atoms with Gasteiger partial charge in [0.2, 0.25) is 5.95 Å². The Morgan fingerprint density at radius 1 is 1.19 bits per heavy atom. The molecule has 0 bridgehead atoms. The van der Waals surface area contributed by atoms with Gasteiger partial charge in [0.15, 0.2) is 0 Å². The van der Waals surface area contributed by atoms with E-state index >= 15 is 0 Å². The Balaban J connectivity index is 2.64. The molecule has 0 spiro atoms. The van der Waals surface area contributed by atoms with E-state index < -0.39 is 0 Å². The number of aromatic nitrogens is 2. The first-order chi connectivity index (χ1) is 7.49. The lowest BCUT2D eigenvalue weighted by Gasteiger charge is -2.09. The largest absolute Gasteiger partial charge is 0.369 e. The number of hydrogen-bond donors (Lipinski definition) is 1. The van der Waals surface area contributed by atoms with Crippen molar-refractivity contribution in [1.82, 2.24) is 9.55 Å². The summed E-state index contributed by atoms with van der Waals surface area (Å²) in [5.41, 5.74) is 8.30. The summed E-state index contributed by atoms with van der Waals surface area (Å²) in [4.78, 5) is 4.12. The van der Waals surface area contributed by atoms with Crippen molar-refractivity contribution in [2.24, 2.45) is 0 Å². The molecule has 2 N–H and O–H groups in total. The minimum absolute atomic E-state index is 0.402. The molecule has 0 aliphatic rings. The Kier molecular flexibility index (Phi) is 2.82. The second-order valence-corrected chi connectivity index (χ2v) is 4.48. The van der Waals surface area contributed by atoms with Crippen molar-refractivity contribution in [2.75, 3.05) is 5.73 Å². The van der Waals surface area contributed by atoms with Gasteiger partial charge >= 0.3 is 0 Å². The number of benzene rings is 1. The molecule has 5 heteroatoms. The number of nitrogens with zero attached hydrogens (tertiary/aromatic N) is 2. The maximum Gasteiger partial charge on any atom is 0.205 e. The molecular formula is C11H11Cl2N3. The number of rotatable bonds is 1. The van der Waals surface area contributed by atoms with E-state index in [-0.39, 0.29) is 0 Å². The summed E-state index contributed by atoms with van der Waals surface area (Å²) in [6.07, 6.45) is 1.82. The van der Waals surface area contributed by atoms with E-state index in [2.05, 4.69) is 4.98 Å². The van der Waals surface area contributed by atoms with Crippen LogP contribution in [0.3, 0.4) is 0 Å². The SMILES string of the molecule is Cc1cn(-c2cc(Cl)c(C)cc2Cl)c(N)n1. The van der Waals surface area contributed by atoms with Gasteiger partial charge in [-0.3, -0.25) is 4.57 Å². The van der Waals surface area contributed by atoms with Crippen LogP contribution in [0.15, 0.2) is 18.3 Å². The van der Waals surface area contributed by atoms with Gasteiger partial charge < -0.3 is 5.73 Å². The van der Waals surface area contributed by atoms with Crippen LogP contribution >= 0.6 is 23.2 Å². The summed E-state index contributed by atoms with van der Waals surface area (Å²) in [6, 6.07) is 3.60. The minimum Gasteiger partial charge on any atom is -0.369 e. The van der Waals surface area contributed by atoms with E-state index in [4.69, 9.17) is 28.9 Å². The topological polar surface area (TPSA) is 43.8 Å². The lowest BCUT2D eigenvalue weighted by atomic mass is 10.2. The molecule has 1 aromatic carbocycles. The summed E-state index contributed by atoms with van der Waals surface area (Å²) < 4.78 is 1.73. The molecule has 84 valence electrons. The predicted molar refractivity (Wildman–Crippen MR) is 67.5 cm³/mol. The molecule has 0 amide bonds. The second-order valence-electron chi connectivity index (χ2n) is 3.66. The first-order valence-corrected chi connectivity index (χ1v) is 5.52. The predicted octanol–water partition coefficient (Wildman–Crippen LogP) is 3.38. The Morgan fingerprint density at radius 3 is 2.44 bits per heavy atom. The van der Waals surface area contributed by atoms with E-state index in [1.54, 1.807) is 10.6 Å². The van der Waals surface area contributed by atoms with Gasteiger partial charge in [0.05, 0.1) is 16.4 Å². The Hall–Kier alpha value is -1.19. The van der Waals surface area contributed by atoms with Crippen LogP contribution in [0.25, 0.3) is 5.69 Å². The van der Waals surface area contributed by atoms with Crippen molar-refractivity contribution >= 4 is 29.2 Å². The van der Waals surface area contributed by atoms with Gasteiger partial charge in [-0.05, 0) is 31.5 Å². The maximum atomic E-state index is 6.15. The molecular weight excluding hydrogens is 245 g/mol. The summed E-state index contributed by atoms with van der Waals surface area (Å²) in [5, 5.41) is 1.26. The Labute approximate surface area is 104 Å². The molecule has 1 heterocycles. The van der Waals surface area contributed by atoms with Gasteiger partial charge in [-0.15, -0.1) is 0 Å². The van der Waals surface area contributed by atoms with Crippen LogP contribution in [-0.2, 0) is 0 Å². The average Bonchev–Trinajstić information content (AvgIpc) is 2.51. The second kappa shape index (κ2) is 4.00. The molecule has 3 nitrogen and oxygen atoms in total. The first kappa shape index (κ1) is 11.3. The molecule has 0 aliphatic carbocycles. The van der Waals surface area contributed by atoms with Gasteiger partial charge in [0, 0.05) is 11.2 Å². The molecule has 0 fully saturated rings. The number of halogens is 2. The number of aryl methyl sites for hydroxylation is 2. The van der Waals surface area contributed by atoms with Crippen LogP contribution < -0.4 is 5.73 Å². The Morgan fingerprint density at radius 2 is 1.88 bits per heavy atom. The van der Waals surface area contributed by atoms with Crippen LogP contribution in [0.1, 0.15) is 11.3 Å². The standard InChI is InChI=1S/C11H11Cl2N3/c1-6-3-9(13)10(4-8(6)12)16-5-7(2)15-11(16)14/h3-5H,1-2H3,(H2,14,15). The van der Waals surface area contributed by atoms with E-state index in [1.165, 1.54) is 0 Å². The number of nitrogens with two attached hydrogens (primary N) is 1. The van der Waals surface area contributed by atoms with E-state index in [0.29, 0.717) is 16.0 Å². The van der Waals surface area contributed by atoms with Gasteiger partial charge in [-0.2, -0.15) is 0 Å². The van der Waals surface area contributed by atoms with Crippen molar-refractivity contribution in [2.45, 2.75) is 13.8 Å². The summed E-state index contributed by atoms with van der Waals surface area (Å²) >= 11 is 12.2. The monoisotopic (exact) mass is 255 g/mol. The van der Waals surface area contributed by atoms with Crippen molar-refractivity contribution in [3.8, 4) is 5.69 Å². The highest BCUT2D eigenvalue weighted by atomic mass is 35.5. The normalized spacial score (nSPS) is 10.8. The highest BCUT2D eigenvalue weighted by Crippen LogP contribution is 2.29. The fraction of sp³-hybridized carbons (Fsp3) is 0.182. The third-order valence-corrected chi connectivity index (χ3v) is 3.05. The van der Waals surface area contributed by atoms with Crippen molar-refractivity contribution in [3.63, 3.8) is 0 Å². The van der Waals surface area contributed by atoms with Crippen molar-refractivity contribution < 1.29 is 0 Å². The molecule has 0 saturated carbocycles. The maximum absolute atomic E-state index is 6.15. The Bertz CT molecular complexity index is 546. The van der Waals surface area contributed by atoms with Crippen molar-refractivity contribution in [3.05, 3.63) is 39.6 Å². The third kappa shape index (κ3) is 1.88. The molecule has 0 radical (unpaired) electrons. The van der Waals surface area contributed by atoms with Crippen LogP contribution in [-0.4, -0.2) is 9.55 Å². The fourth-order valence-corrected chi connectivity index (χ4v) is 2.00. The lowest BCUT2D eigenvalue weighted by molar-refractivity contribution is 1.07.